The van der Waals surface area contributed by atoms with Crippen molar-refractivity contribution in [2.75, 3.05) is 18.5 Å². The first-order valence-corrected chi connectivity index (χ1v) is 8.06. The number of anilines is 1. The molecule has 1 N–H and O–H groups in total. The van der Waals surface area contributed by atoms with Gasteiger partial charge in [-0.25, -0.2) is 4.98 Å². The summed E-state index contributed by atoms with van der Waals surface area (Å²) in [7, 11) is 2.01. The highest BCUT2D eigenvalue weighted by Crippen LogP contribution is 2.37. The summed E-state index contributed by atoms with van der Waals surface area (Å²) >= 11 is 1.87. The Hall–Kier alpha value is -0.610. The van der Waals surface area contributed by atoms with E-state index >= 15 is 0 Å². The van der Waals surface area contributed by atoms with E-state index in [1.54, 1.807) is 0 Å². The summed E-state index contributed by atoms with van der Waals surface area (Å²) < 4.78 is 0. The number of rotatable bonds is 3. The smallest absolute Gasteiger partial charge is 0.186 e. The van der Waals surface area contributed by atoms with Gasteiger partial charge in [0.1, 0.15) is 0 Å². The molecule has 2 heterocycles. The van der Waals surface area contributed by atoms with E-state index in [-0.39, 0.29) is 5.41 Å². The number of nitrogens with zero attached hydrogens (tertiary/aromatic N) is 2. The van der Waals surface area contributed by atoms with Crippen molar-refractivity contribution in [2.24, 2.45) is 5.92 Å². The van der Waals surface area contributed by atoms with Crippen molar-refractivity contribution >= 4 is 16.5 Å². The average molecular weight is 281 g/mol. The average Bonchev–Trinajstić information content (AvgIpc) is 2.82. The molecule has 0 bridgehead atoms. The fraction of sp³-hybridized carbons (Fsp3) is 0.800. The maximum Gasteiger partial charge on any atom is 0.186 e. The van der Waals surface area contributed by atoms with Gasteiger partial charge in [0.15, 0.2) is 5.13 Å². The van der Waals surface area contributed by atoms with Gasteiger partial charge in [-0.3, -0.25) is 0 Å². The molecule has 2 unspecified atom stereocenters. The van der Waals surface area contributed by atoms with Crippen LogP contribution in [0.4, 0.5) is 5.13 Å². The molecule has 0 aromatic carbocycles. The van der Waals surface area contributed by atoms with Crippen molar-refractivity contribution in [1.29, 1.82) is 0 Å². The van der Waals surface area contributed by atoms with Crippen LogP contribution in [0.2, 0.25) is 0 Å². The molecule has 3 nitrogen and oxygen atoms in total. The second-order valence-electron chi connectivity index (χ2n) is 6.89. The standard InChI is InChI=1S/C15H27N3S/c1-10-7-11(2)18(9-10)14-17-13(15(3,4)5)12(19-14)8-16-6/h10-11,16H,7-9H2,1-6H3. The molecule has 1 aromatic rings. The molecule has 1 fully saturated rings. The van der Waals surface area contributed by atoms with Crippen LogP contribution in [0.25, 0.3) is 0 Å². The van der Waals surface area contributed by atoms with E-state index in [1.807, 2.05) is 18.4 Å². The lowest BCUT2D eigenvalue weighted by molar-refractivity contribution is 0.562. The third-order valence-corrected chi connectivity index (χ3v) is 4.86. The van der Waals surface area contributed by atoms with Crippen LogP contribution in [-0.2, 0) is 12.0 Å². The van der Waals surface area contributed by atoms with E-state index in [9.17, 15) is 0 Å². The van der Waals surface area contributed by atoms with E-state index in [2.05, 4.69) is 44.8 Å². The number of nitrogens with one attached hydrogen (secondary N) is 1. The van der Waals surface area contributed by atoms with Gasteiger partial charge < -0.3 is 10.2 Å². The molecular formula is C15H27N3S. The molecule has 1 aliphatic heterocycles. The van der Waals surface area contributed by atoms with E-state index in [0.29, 0.717) is 6.04 Å². The van der Waals surface area contributed by atoms with Gasteiger partial charge in [0.05, 0.1) is 5.69 Å². The minimum absolute atomic E-state index is 0.121. The molecule has 0 saturated carbocycles. The molecule has 0 spiro atoms. The molecule has 108 valence electrons. The van der Waals surface area contributed by atoms with Gasteiger partial charge in [-0.2, -0.15) is 0 Å². The van der Waals surface area contributed by atoms with Crippen LogP contribution in [0, 0.1) is 5.92 Å². The Kier molecular flexibility index (Phi) is 4.21. The molecule has 0 amide bonds. The zero-order chi connectivity index (χ0) is 14.2. The van der Waals surface area contributed by atoms with E-state index < -0.39 is 0 Å². The van der Waals surface area contributed by atoms with Gasteiger partial charge in [-0.05, 0) is 26.3 Å². The summed E-state index contributed by atoms with van der Waals surface area (Å²) in [5.41, 5.74) is 1.38. The van der Waals surface area contributed by atoms with Crippen molar-refractivity contribution in [2.45, 2.75) is 59.0 Å². The molecule has 0 radical (unpaired) electrons. The monoisotopic (exact) mass is 281 g/mol. The first kappa shape index (κ1) is 14.8. The fourth-order valence-electron chi connectivity index (χ4n) is 2.89. The lowest BCUT2D eigenvalue weighted by Crippen LogP contribution is -2.26. The van der Waals surface area contributed by atoms with Crippen LogP contribution in [0.15, 0.2) is 0 Å². The number of thiazole rings is 1. The SMILES string of the molecule is CNCc1sc(N2CC(C)CC2C)nc1C(C)(C)C. The van der Waals surface area contributed by atoms with Gasteiger partial charge in [0.2, 0.25) is 0 Å². The predicted molar refractivity (Wildman–Crippen MR) is 84.2 cm³/mol. The van der Waals surface area contributed by atoms with Crippen LogP contribution in [0.3, 0.4) is 0 Å². The molecule has 19 heavy (non-hydrogen) atoms. The Morgan fingerprint density at radius 1 is 1.37 bits per heavy atom. The predicted octanol–water partition coefficient (Wildman–Crippen LogP) is 3.39. The molecular weight excluding hydrogens is 254 g/mol. The summed E-state index contributed by atoms with van der Waals surface area (Å²) in [5.74, 6) is 0.782. The van der Waals surface area contributed by atoms with Crippen molar-refractivity contribution in [3.8, 4) is 0 Å². The third kappa shape index (κ3) is 3.11. The van der Waals surface area contributed by atoms with E-state index in [1.165, 1.54) is 22.1 Å². The molecule has 1 saturated heterocycles. The lowest BCUT2D eigenvalue weighted by Gasteiger charge is -2.21. The van der Waals surface area contributed by atoms with Crippen LogP contribution >= 0.6 is 11.3 Å². The van der Waals surface area contributed by atoms with Crippen molar-refractivity contribution < 1.29 is 0 Å². The summed E-state index contributed by atoms with van der Waals surface area (Å²) in [6, 6.07) is 0.622. The van der Waals surface area contributed by atoms with Crippen molar-refractivity contribution in [3.05, 3.63) is 10.6 Å². The van der Waals surface area contributed by atoms with Crippen LogP contribution in [-0.4, -0.2) is 24.6 Å². The largest absolute Gasteiger partial charge is 0.345 e. The Labute approximate surface area is 121 Å². The first-order chi connectivity index (χ1) is 8.82. The van der Waals surface area contributed by atoms with Gasteiger partial charge >= 0.3 is 0 Å². The lowest BCUT2D eigenvalue weighted by atomic mass is 9.91. The number of hydrogen-bond acceptors (Lipinski definition) is 4. The summed E-state index contributed by atoms with van der Waals surface area (Å²) in [5, 5.41) is 4.49. The number of aromatic nitrogens is 1. The van der Waals surface area contributed by atoms with Crippen molar-refractivity contribution in [1.82, 2.24) is 10.3 Å². The first-order valence-electron chi connectivity index (χ1n) is 7.24. The van der Waals surface area contributed by atoms with Crippen molar-refractivity contribution in [3.63, 3.8) is 0 Å². The molecule has 1 aromatic heterocycles. The number of hydrogen-bond donors (Lipinski definition) is 1. The Balaban J connectivity index is 2.32. The zero-order valence-corrected chi connectivity index (χ0v) is 13.9. The summed E-state index contributed by atoms with van der Waals surface area (Å²) in [6.07, 6.45) is 1.28. The van der Waals surface area contributed by atoms with Gasteiger partial charge in [-0.15, -0.1) is 11.3 Å². The molecule has 0 aliphatic carbocycles. The normalized spacial score (nSPS) is 24.2. The Bertz CT molecular complexity index is 433. The molecule has 1 aliphatic rings. The minimum Gasteiger partial charge on any atom is -0.345 e. The maximum atomic E-state index is 4.97. The Morgan fingerprint density at radius 2 is 2.05 bits per heavy atom. The fourth-order valence-corrected chi connectivity index (χ4v) is 4.29. The molecule has 2 rings (SSSR count). The maximum absolute atomic E-state index is 4.97. The van der Waals surface area contributed by atoms with Crippen LogP contribution < -0.4 is 10.2 Å². The highest BCUT2D eigenvalue weighted by molar-refractivity contribution is 7.15. The van der Waals surface area contributed by atoms with Crippen LogP contribution in [0.1, 0.15) is 51.6 Å². The highest BCUT2D eigenvalue weighted by Gasteiger charge is 2.31. The van der Waals surface area contributed by atoms with Crippen LogP contribution in [0.5, 0.6) is 0 Å². The molecule has 2 atom stereocenters. The Morgan fingerprint density at radius 3 is 2.53 bits per heavy atom. The van der Waals surface area contributed by atoms with E-state index in [4.69, 9.17) is 4.98 Å². The zero-order valence-electron chi connectivity index (χ0n) is 13.1. The second kappa shape index (κ2) is 5.41. The van der Waals surface area contributed by atoms with Gasteiger partial charge in [0, 0.05) is 29.4 Å². The second-order valence-corrected chi connectivity index (χ2v) is 7.95. The van der Waals surface area contributed by atoms with Gasteiger partial charge in [0.25, 0.3) is 0 Å². The van der Waals surface area contributed by atoms with Gasteiger partial charge in [-0.1, -0.05) is 27.7 Å². The minimum atomic E-state index is 0.121. The third-order valence-electron chi connectivity index (χ3n) is 3.76. The quantitative estimate of drug-likeness (QED) is 0.920. The topological polar surface area (TPSA) is 28.2 Å². The highest BCUT2D eigenvalue weighted by atomic mass is 32.1. The summed E-state index contributed by atoms with van der Waals surface area (Å²) in [4.78, 5) is 8.85. The molecule has 4 heteroatoms. The summed E-state index contributed by atoms with van der Waals surface area (Å²) in [6.45, 7) is 13.5. The van der Waals surface area contributed by atoms with E-state index in [0.717, 1.165) is 19.0 Å².